The number of rotatable bonds is 5. The van der Waals surface area contributed by atoms with Crippen molar-refractivity contribution in [2.75, 3.05) is 26.2 Å². The molecule has 0 radical (unpaired) electrons. The largest absolute Gasteiger partial charge is 0.434 e. The van der Waals surface area contributed by atoms with Crippen molar-refractivity contribution >= 4 is 33.2 Å². The molecule has 3 rings (SSSR count). The second-order valence-electron chi connectivity index (χ2n) is 5.65. The number of ether oxygens (including phenoxy) is 1. The Labute approximate surface area is 157 Å². The number of hydrogen-bond donors (Lipinski definition) is 0. The lowest BCUT2D eigenvalue weighted by Gasteiger charge is -2.34. The molecule has 1 aliphatic heterocycles. The molecule has 1 aliphatic rings. The van der Waals surface area contributed by atoms with Crippen LogP contribution in [-0.4, -0.2) is 48.5 Å². The molecule has 0 spiro atoms. The average molecular weight is 431 g/mol. The molecule has 0 atom stereocenters. The van der Waals surface area contributed by atoms with Crippen molar-refractivity contribution in [2.45, 2.75) is 13.2 Å². The number of piperazine rings is 1. The maximum atomic E-state index is 12.6. The molecule has 2 heterocycles. The van der Waals surface area contributed by atoms with Crippen molar-refractivity contribution in [3.63, 3.8) is 0 Å². The summed E-state index contributed by atoms with van der Waals surface area (Å²) in [4.78, 5) is 17.9. The van der Waals surface area contributed by atoms with Crippen molar-refractivity contribution in [3.8, 4) is 5.75 Å². The second-order valence-corrected chi connectivity index (χ2v) is 8.20. The van der Waals surface area contributed by atoms with Gasteiger partial charge in [-0.3, -0.25) is 9.69 Å². The third-order valence-electron chi connectivity index (χ3n) is 4.00. The third kappa shape index (κ3) is 4.77. The highest BCUT2D eigenvalue weighted by Gasteiger charge is 2.25. The minimum Gasteiger partial charge on any atom is -0.434 e. The van der Waals surface area contributed by atoms with Gasteiger partial charge in [0.1, 0.15) is 5.75 Å². The van der Waals surface area contributed by atoms with Crippen molar-refractivity contribution in [1.82, 2.24) is 9.80 Å². The zero-order valence-electron chi connectivity index (χ0n) is 13.3. The fraction of sp³-hybridized carbons (Fsp3) is 0.353. The molecule has 1 fully saturated rings. The van der Waals surface area contributed by atoms with Gasteiger partial charge in [-0.05, 0) is 40.2 Å². The Balaban J connectivity index is 1.60. The molecule has 1 saturated heterocycles. The van der Waals surface area contributed by atoms with E-state index in [0.717, 1.165) is 23.4 Å². The molecule has 0 saturated carbocycles. The summed E-state index contributed by atoms with van der Waals surface area (Å²) >= 11 is 5.16. The monoisotopic (exact) mass is 430 g/mol. The highest BCUT2D eigenvalue weighted by Crippen LogP contribution is 2.25. The van der Waals surface area contributed by atoms with Gasteiger partial charge in [0, 0.05) is 37.6 Å². The lowest BCUT2D eigenvalue weighted by Crippen LogP contribution is -2.48. The summed E-state index contributed by atoms with van der Waals surface area (Å²) in [6.45, 7) is 0.528. The van der Waals surface area contributed by atoms with Crippen LogP contribution < -0.4 is 4.74 Å². The first kappa shape index (κ1) is 18.3. The highest BCUT2D eigenvalue weighted by atomic mass is 79.9. The minimum atomic E-state index is -2.95. The van der Waals surface area contributed by atoms with Crippen LogP contribution in [0, 0.1) is 0 Å². The quantitative estimate of drug-likeness (QED) is 0.716. The predicted octanol–water partition coefficient (Wildman–Crippen LogP) is 4.07. The molecule has 4 nitrogen and oxygen atoms in total. The first-order valence-corrected chi connectivity index (χ1v) is 9.43. The van der Waals surface area contributed by atoms with Gasteiger partial charge >= 0.3 is 6.61 Å². The lowest BCUT2D eigenvalue weighted by molar-refractivity contribution is -0.0503. The molecule has 0 unspecified atom stereocenters. The zero-order chi connectivity index (χ0) is 17.8. The molecule has 1 aromatic heterocycles. The van der Waals surface area contributed by atoms with E-state index in [1.807, 2.05) is 6.07 Å². The van der Waals surface area contributed by atoms with Gasteiger partial charge in [-0.2, -0.15) is 8.78 Å². The van der Waals surface area contributed by atoms with Crippen LogP contribution in [0.25, 0.3) is 0 Å². The summed E-state index contributed by atoms with van der Waals surface area (Å²) in [7, 11) is 0. The fourth-order valence-electron chi connectivity index (χ4n) is 2.78. The number of amides is 1. The molecule has 0 bridgehead atoms. The number of carbonyl (C=O) groups is 1. The number of benzene rings is 1. The second kappa shape index (κ2) is 8.25. The standard InChI is InChI=1S/C17H17BrF2N2O2S/c18-15-6-5-12(25-15)11-21-7-9-22(10-8-21)16(23)13-3-1-2-4-14(13)24-17(19)20/h1-6,17H,7-11H2. The zero-order valence-corrected chi connectivity index (χ0v) is 15.7. The van der Waals surface area contributed by atoms with E-state index in [-0.39, 0.29) is 17.2 Å². The number of halogens is 3. The summed E-state index contributed by atoms with van der Waals surface area (Å²) < 4.78 is 30.6. The summed E-state index contributed by atoms with van der Waals surface area (Å²) in [6, 6.07) is 10.3. The van der Waals surface area contributed by atoms with Gasteiger partial charge in [-0.15, -0.1) is 11.3 Å². The molecule has 134 valence electrons. The van der Waals surface area contributed by atoms with Gasteiger partial charge in [0.2, 0.25) is 0 Å². The molecule has 0 N–H and O–H groups in total. The maximum absolute atomic E-state index is 12.6. The summed E-state index contributed by atoms with van der Waals surface area (Å²) in [5.74, 6) is -0.344. The Bertz CT molecular complexity index is 733. The van der Waals surface area contributed by atoms with Crippen molar-refractivity contribution in [2.24, 2.45) is 0 Å². The number of para-hydroxylation sites is 1. The van der Waals surface area contributed by atoms with Crippen LogP contribution in [0.15, 0.2) is 40.2 Å². The van der Waals surface area contributed by atoms with Crippen LogP contribution >= 0.6 is 27.3 Å². The number of nitrogens with zero attached hydrogens (tertiary/aromatic N) is 2. The van der Waals surface area contributed by atoms with E-state index >= 15 is 0 Å². The van der Waals surface area contributed by atoms with E-state index in [0.29, 0.717) is 13.1 Å². The first-order chi connectivity index (χ1) is 12.0. The highest BCUT2D eigenvalue weighted by molar-refractivity contribution is 9.11. The topological polar surface area (TPSA) is 32.8 Å². The average Bonchev–Trinajstić information content (AvgIpc) is 3.00. The van der Waals surface area contributed by atoms with E-state index < -0.39 is 6.61 Å². The third-order valence-corrected chi connectivity index (χ3v) is 5.61. The summed E-state index contributed by atoms with van der Waals surface area (Å²) in [5.41, 5.74) is 0.179. The smallest absolute Gasteiger partial charge is 0.387 e. The van der Waals surface area contributed by atoms with Gasteiger partial charge in [-0.25, -0.2) is 0 Å². The van der Waals surface area contributed by atoms with Gasteiger partial charge in [0.25, 0.3) is 5.91 Å². The number of carbonyl (C=O) groups excluding carboxylic acids is 1. The van der Waals surface area contributed by atoms with Crippen LogP contribution in [0.4, 0.5) is 8.78 Å². The van der Waals surface area contributed by atoms with E-state index in [2.05, 4.69) is 31.6 Å². The minimum absolute atomic E-state index is 0.0756. The predicted molar refractivity (Wildman–Crippen MR) is 96.3 cm³/mol. The van der Waals surface area contributed by atoms with Gasteiger partial charge in [0.05, 0.1) is 9.35 Å². The van der Waals surface area contributed by atoms with E-state index in [4.69, 9.17) is 0 Å². The van der Waals surface area contributed by atoms with E-state index in [9.17, 15) is 13.6 Å². The fourth-order valence-corrected chi connectivity index (χ4v) is 4.30. The van der Waals surface area contributed by atoms with Gasteiger partial charge in [0.15, 0.2) is 0 Å². The molecule has 25 heavy (non-hydrogen) atoms. The molecular weight excluding hydrogens is 414 g/mol. The van der Waals surface area contributed by atoms with Crippen LogP contribution in [-0.2, 0) is 6.54 Å². The van der Waals surface area contributed by atoms with Crippen molar-refractivity contribution in [1.29, 1.82) is 0 Å². The molecule has 1 amide bonds. The summed E-state index contributed by atoms with van der Waals surface area (Å²) in [5, 5.41) is 0. The normalized spacial score (nSPS) is 15.6. The Morgan fingerprint density at radius 2 is 1.88 bits per heavy atom. The van der Waals surface area contributed by atoms with Crippen molar-refractivity contribution in [3.05, 3.63) is 50.6 Å². The lowest BCUT2D eigenvalue weighted by atomic mass is 10.1. The molecule has 2 aromatic rings. The number of alkyl halides is 2. The van der Waals surface area contributed by atoms with Crippen LogP contribution in [0.2, 0.25) is 0 Å². The molecule has 0 aliphatic carbocycles. The van der Waals surface area contributed by atoms with E-state index in [1.165, 1.54) is 17.0 Å². The van der Waals surface area contributed by atoms with Crippen LogP contribution in [0.3, 0.4) is 0 Å². The van der Waals surface area contributed by atoms with Gasteiger partial charge in [-0.1, -0.05) is 12.1 Å². The maximum Gasteiger partial charge on any atom is 0.387 e. The van der Waals surface area contributed by atoms with E-state index in [1.54, 1.807) is 28.4 Å². The van der Waals surface area contributed by atoms with Crippen LogP contribution in [0.5, 0.6) is 5.75 Å². The number of hydrogen-bond acceptors (Lipinski definition) is 4. The number of thiophene rings is 1. The Morgan fingerprint density at radius 3 is 2.52 bits per heavy atom. The molecule has 1 aromatic carbocycles. The van der Waals surface area contributed by atoms with Crippen LogP contribution in [0.1, 0.15) is 15.2 Å². The Morgan fingerprint density at radius 1 is 1.16 bits per heavy atom. The first-order valence-electron chi connectivity index (χ1n) is 7.82. The SMILES string of the molecule is O=C(c1ccccc1OC(F)F)N1CCN(Cc2ccc(Br)s2)CC1. The Kier molecular flexibility index (Phi) is 6.03. The molecular formula is C17H17BrF2N2O2S. The Hall–Kier alpha value is -1.51. The van der Waals surface area contributed by atoms with Gasteiger partial charge < -0.3 is 9.64 Å². The molecule has 8 heteroatoms. The summed E-state index contributed by atoms with van der Waals surface area (Å²) in [6.07, 6.45) is 0. The van der Waals surface area contributed by atoms with Crippen molar-refractivity contribution < 1.29 is 18.3 Å².